The summed E-state index contributed by atoms with van der Waals surface area (Å²) in [5, 5.41) is 4.01. The summed E-state index contributed by atoms with van der Waals surface area (Å²) < 4.78 is 6.91. The third-order valence-corrected chi connectivity index (χ3v) is 2.66. The molecule has 0 amide bonds. The molecule has 0 aliphatic rings. The molecule has 2 aromatic rings. The molecule has 1 heterocycles. The Kier molecular flexibility index (Phi) is 6.97. The van der Waals surface area contributed by atoms with Gasteiger partial charge in [0.05, 0.1) is 12.3 Å². The second-order valence-corrected chi connectivity index (χ2v) is 4.11. The molecule has 5 nitrogen and oxygen atoms in total. The molecule has 0 aliphatic heterocycles. The Hall–Kier alpha value is -1.66. The maximum absolute atomic E-state index is 11.6. The molecule has 2 rings (SSSR count). The Labute approximate surface area is 128 Å². The third-order valence-electron chi connectivity index (χ3n) is 2.66. The molecule has 1 aromatic carbocycles. The molecular formula is C14H18BrN3O2. The lowest BCUT2D eigenvalue weighted by molar-refractivity contribution is 0.308. The Morgan fingerprint density at radius 2 is 1.90 bits per heavy atom. The molecule has 0 atom stereocenters. The van der Waals surface area contributed by atoms with Gasteiger partial charge in [0.2, 0.25) is 0 Å². The van der Waals surface area contributed by atoms with Crippen molar-refractivity contribution in [2.24, 2.45) is 5.73 Å². The molecule has 1 aromatic heterocycles. The van der Waals surface area contributed by atoms with Crippen LogP contribution in [0.2, 0.25) is 0 Å². The van der Waals surface area contributed by atoms with Crippen LogP contribution in [0.1, 0.15) is 12.8 Å². The van der Waals surface area contributed by atoms with Crippen LogP contribution < -0.4 is 16.0 Å². The van der Waals surface area contributed by atoms with E-state index < -0.39 is 0 Å². The molecule has 0 bridgehead atoms. The molecule has 6 heteroatoms. The van der Waals surface area contributed by atoms with Crippen molar-refractivity contribution in [1.82, 2.24) is 9.78 Å². The van der Waals surface area contributed by atoms with Crippen LogP contribution in [0.5, 0.6) is 5.75 Å². The molecule has 0 spiro atoms. The number of hydrogen-bond acceptors (Lipinski definition) is 4. The number of benzene rings is 1. The molecule has 108 valence electrons. The van der Waals surface area contributed by atoms with Gasteiger partial charge < -0.3 is 10.5 Å². The Balaban J connectivity index is 0.00000200. The smallest absolute Gasteiger partial charge is 0.271 e. The van der Waals surface area contributed by atoms with Crippen molar-refractivity contribution in [2.45, 2.75) is 12.8 Å². The first-order valence-corrected chi connectivity index (χ1v) is 6.29. The number of ether oxygens (including phenoxy) is 1. The topological polar surface area (TPSA) is 70.1 Å². The molecule has 20 heavy (non-hydrogen) atoms. The van der Waals surface area contributed by atoms with E-state index in [-0.39, 0.29) is 22.5 Å². The highest BCUT2D eigenvalue weighted by atomic mass is 79.9. The summed E-state index contributed by atoms with van der Waals surface area (Å²) in [5.41, 5.74) is 5.98. The first kappa shape index (κ1) is 16.4. The number of nitrogens with two attached hydrogens (primary N) is 1. The maximum atomic E-state index is 11.6. The number of unbranched alkanes of at least 4 members (excludes halogenated alkanes) is 1. The van der Waals surface area contributed by atoms with E-state index in [1.807, 2.05) is 24.3 Å². The van der Waals surface area contributed by atoms with E-state index in [1.165, 1.54) is 10.7 Å². The van der Waals surface area contributed by atoms with E-state index in [1.54, 1.807) is 12.3 Å². The van der Waals surface area contributed by atoms with Gasteiger partial charge in [-0.2, -0.15) is 9.78 Å². The minimum Gasteiger partial charge on any atom is -0.494 e. The molecule has 2 N–H and O–H groups in total. The van der Waals surface area contributed by atoms with Gasteiger partial charge in [-0.15, -0.1) is 17.0 Å². The summed E-state index contributed by atoms with van der Waals surface area (Å²) in [5.74, 6) is 0.782. The lowest BCUT2D eigenvalue weighted by atomic mass is 10.3. The van der Waals surface area contributed by atoms with Crippen LogP contribution >= 0.6 is 17.0 Å². The summed E-state index contributed by atoms with van der Waals surface area (Å²) in [7, 11) is 0. The number of aromatic nitrogens is 2. The normalized spacial score (nSPS) is 9.85. The highest BCUT2D eigenvalue weighted by Gasteiger charge is 2.00. The summed E-state index contributed by atoms with van der Waals surface area (Å²) in [6.07, 6.45) is 3.48. The van der Waals surface area contributed by atoms with Gasteiger partial charge in [0, 0.05) is 12.3 Å². The van der Waals surface area contributed by atoms with Crippen LogP contribution in [0.3, 0.4) is 0 Å². The monoisotopic (exact) mass is 339 g/mol. The summed E-state index contributed by atoms with van der Waals surface area (Å²) in [4.78, 5) is 11.6. The Bertz CT molecular complexity index is 569. The van der Waals surface area contributed by atoms with E-state index >= 15 is 0 Å². The molecule has 0 aliphatic carbocycles. The number of nitrogens with zero attached hydrogens (tertiary/aromatic N) is 2. The van der Waals surface area contributed by atoms with Crippen LogP contribution in [0, 0.1) is 0 Å². The van der Waals surface area contributed by atoms with Gasteiger partial charge in [0.15, 0.2) is 0 Å². The van der Waals surface area contributed by atoms with Gasteiger partial charge in [-0.3, -0.25) is 4.79 Å². The number of rotatable bonds is 6. The minimum absolute atomic E-state index is 0. The summed E-state index contributed by atoms with van der Waals surface area (Å²) >= 11 is 0. The van der Waals surface area contributed by atoms with Crippen molar-refractivity contribution in [2.75, 3.05) is 13.2 Å². The van der Waals surface area contributed by atoms with Crippen LogP contribution in [-0.4, -0.2) is 22.9 Å². The quantitative estimate of drug-likeness (QED) is 0.816. The van der Waals surface area contributed by atoms with E-state index in [0.717, 1.165) is 24.3 Å². The van der Waals surface area contributed by atoms with Crippen molar-refractivity contribution < 1.29 is 4.74 Å². The zero-order valence-corrected chi connectivity index (χ0v) is 12.8. The van der Waals surface area contributed by atoms with Crippen molar-refractivity contribution >= 4 is 17.0 Å². The molecule has 0 saturated heterocycles. The van der Waals surface area contributed by atoms with Gasteiger partial charge >= 0.3 is 0 Å². The lowest BCUT2D eigenvalue weighted by Gasteiger charge is -2.07. The second-order valence-electron chi connectivity index (χ2n) is 4.11. The minimum atomic E-state index is -0.154. The SMILES string of the molecule is Br.NCCCCOc1ccc(-n2ncccc2=O)cc1. The van der Waals surface area contributed by atoms with E-state index in [9.17, 15) is 4.79 Å². The van der Waals surface area contributed by atoms with Crippen LogP contribution in [0.15, 0.2) is 47.4 Å². The Morgan fingerprint density at radius 1 is 1.15 bits per heavy atom. The first-order chi connectivity index (χ1) is 9.31. The van der Waals surface area contributed by atoms with Crippen molar-refractivity contribution in [3.8, 4) is 11.4 Å². The highest BCUT2D eigenvalue weighted by Crippen LogP contribution is 2.13. The first-order valence-electron chi connectivity index (χ1n) is 6.29. The third kappa shape index (κ3) is 4.47. The number of halogens is 1. The predicted molar refractivity (Wildman–Crippen MR) is 83.9 cm³/mol. The fraction of sp³-hybridized carbons (Fsp3) is 0.286. The zero-order valence-electron chi connectivity index (χ0n) is 11.1. The van der Waals surface area contributed by atoms with Crippen molar-refractivity contribution in [3.05, 3.63) is 52.9 Å². The highest BCUT2D eigenvalue weighted by molar-refractivity contribution is 8.93. The maximum Gasteiger partial charge on any atom is 0.271 e. The van der Waals surface area contributed by atoms with Crippen LogP contribution in [0.4, 0.5) is 0 Å². The Morgan fingerprint density at radius 3 is 2.55 bits per heavy atom. The lowest BCUT2D eigenvalue weighted by Crippen LogP contribution is -2.18. The fourth-order valence-electron chi connectivity index (χ4n) is 1.67. The van der Waals surface area contributed by atoms with E-state index in [0.29, 0.717) is 13.2 Å². The molecule has 0 unspecified atom stereocenters. The largest absolute Gasteiger partial charge is 0.494 e. The van der Waals surface area contributed by atoms with Gasteiger partial charge in [0.25, 0.3) is 5.56 Å². The van der Waals surface area contributed by atoms with E-state index in [4.69, 9.17) is 10.5 Å². The van der Waals surface area contributed by atoms with Crippen molar-refractivity contribution in [1.29, 1.82) is 0 Å². The fourth-order valence-corrected chi connectivity index (χ4v) is 1.67. The van der Waals surface area contributed by atoms with Gasteiger partial charge in [-0.25, -0.2) is 0 Å². The van der Waals surface area contributed by atoms with E-state index in [2.05, 4.69) is 5.10 Å². The molecule has 0 saturated carbocycles. The average molecular weight is 340 g/mol. The van der Waals surface area contributed by atoms with Gasteiger partial charge in [-0.1, -0.05) is 0 Å². The van der Waals surface area contributed by atoms with Gasteiger partial charge in [-0.05, 0) is 49.7 Å². The average Bonchev–Trinajstić information content (AvgIpc) is 2.45. The van der Waals surface area contributed by atoms with Crippen molar-refractivity contribution in [3.63, 3.8) is 0 Å². The van der Waals surface area contributed by atoms with Crippen LogP contribution in [0.25, 0.3) is 5.69 Å². The summed E-state index contributed by atoms with van der Waals surface area (Å²) in [6.45, 7) is 1.34. The zero-order chi connectivity index (χ0) is 13.5. The van der Waals surface area contributed by atoms with Crippen LogP contribution in [-0.2, 0) is 0 Å². The number of hydrogen-bond donors (Lipinski definition) is 1. The standard InChI is InChI=1S/C14H17N3O2.BrH/c15-9-1-2-11-19-13-7-5-12(6-8-13)17-14(18)4-3-10-16-17;/h3-8,10H,1-2,9,11,15H2;1H. The molecule has 0 radical (unpaired) electrons. The second kappa shape index (κ2) is 8.50. The van der Waals surface area contributed by atoms with Gasteiger partial charge in [0.1, 0.15) is 5.75 Å². The molecular weight excluding hydrogens is 322 g/mol. The summed E-state index contributed by atoms with van der Waals surface area (Å²) in [6, 6.07) is 10.4. The predicted octanol–water partition coefficient (Wildman–Crippen LogP) is 1.93. The molecule has 0 fully saturated rings.